The van der Waals surface area contributed by atoms with Gasteiger partial charge in [0.1, 0.15) is 17.9 Å². The van der Waals surface area contributed by atoms with Gasteiger partial charge < -0.3 is 9.15 Å². The van der Waals surface area contributed by atoms with E-state index >= 15 is 0 Å². The maximum absolute atomic E-state index is 13.6. The van der Waals surface area contributed by atoms with E-state index in [4.69, 9.17) is 32.4 Å². The molecule has 1 aliphatic heterocycles. The van der Waals surface area contributed by atoms with Crippen LogP contribution in [0.5, 0.6) is 5.75 Å². The molecule has 0 saturated carbocycles. The molecule has 1 amide bonds. The fourth-order valence-electron chi connectivity index (χ4n) is 4.16. The second kappa shape index (κ2) is 8.67. The SMILES string of the molecule is C=CCOc1ccc(C2c3c(oc4ccc(Cl)cc4c3=O)C(=O)N2c2ccc(C)c(Cl)c2)cc1. The molecule has 0 bridgehead atoms. The molecule has 1 aliphatic rings. The first-order chi connectivity index (χ1) is 16.4. The van der Waals surface area contributed by atoms with Crippen LogP contribution >= 0.6 is 23.2 Å². The first kappa shape index (κ1) is 22.3. The van der Waals surface area contributed by atoms with Crippen LogP contribution < -0.4 is 15.1 Å². The third-order valence-electron chi connectivity index (χ3n) is 5.83. The lowest BCUT2D eigenvalue weighted by atomic mass is 9.98. The number of benzene rings is 3. The van der Waals surface area contributed by atoms with E-state index in [2.05, 4.69) is 6.58 Å². The Morgan fingerprint density at radius 2 is 1.82 bits per heavy atom. The summed E-state index contributed by atoms with van der Waals surface area (Å²) >= 11 is 12.5. The number of carbonyl (C=O) groups is 1. The molecule has 3 aromatic carbocycles. The number of fused-ring (bicyclic) bond motifs is 2. The molecular weight excluding hydrogens is 473 g/mol. The van der Waals surface area contributed by atoms with E-state index in [1.165, 1.54) is 0 Å². The Morgan fingerprint density at radius 1 is 1.06 bits per heavy atom. The summed E-state index contributed by atoms with van der Waals surface area (Å²) < 4.78 is 11.6. The van der Waals surface area contributed by atoms with Gasteiger partial charge in [-0.3, -0.25) is 14.5 Å². The third kappa shape index (κ3) is 3.67. The van der Waals surface area contributed by atoms with Crippen LogP contribution in [-0.2, 0) is 0 Å². The fraction of sp³-hybridized carbons (Fsp3) is 0.111. The van der Waals surface area contributed by atoms with Gasteiger partial charge in [0.15, 0.2) is 5.43 Å². The molecule has 0 N–H and O–H groups in total. The Bertz CT molecular complexity index is 1510. The number of nitrogens with zero attached hydrogens (tertiary/aromatic N) is 1. The lowest BCUT2D eigenvalue weighted by Gasteiger charge is -2.25. The van der Waals surface area contributed by atoms with Crippen molar-refractivity contribution in [2.45, 2.75) is 13.0 Å². The largest absolute Gasteiger partial charge is 0.490 e. The minimum absolute atomic E-state index is 0.00787. The summed E-state index contributed by atoms with van der Waals surface area (Å²) in [6, 6.07) is 16.7. The molecule has 1 atom stereocenters. The zero-order valence-corrected chi connectivity index (χ0v) is 19.7. The van der Waals surface area contributed by atoms with Gasteiger partial charge in [-0.05, 0) is 60.5 Å². The molecule has 0 aliphatic carbocycles. The maximum Gasteiger partial charge on any atom is 0.295 e. The van der Waals surface area contributed by atoms with Crippen LogP contribution in [-0.4, -0.2) is 12.5 Å². The zero-order valence-electron chi connectivity index (χ0n) is 18.2. The molecule has 5 nitrogen and oxygen atoms in total. The van der Waals surface area contributed by atoms with Gasteiger partial charge in [-0.1, -0.05) is 54.1 Å². The van der Waals surface area contributed by atoms with Crippen molar-refractivity contribution in [3.8, 4) is 5.75 Å². The average molecular weight is 492 g/mol. The van der Waals surface area contributed by atoms with Crippen molar-refractivity contribution < 1.29 is 13.9 Å². The number of anilines is 1. The van der Waals surface area contributed by atoms with Crippen LogP contribution in [0.3, 0.4) is 0 Å². The molecule has 34 heavy (non-hydrogen) atoms. The zero-order chi connectivity index (χ0) is 24.0. The number of amides is 1. The monoisotopic (exact) mass is 491 g/mol. The van der Waals surface area contributed by atoms with E-state index in [0.717, 1.165) is 11.1 Å². The lowest BCUT2D eigenvalue weighted by Crippen LogP contribution is -2.29. The highest BCUT2D eigenvalue weighted by Crippen LogP contribution is 2.42. The number of halogens is 2. The Morgan fingerprint density at radius 3 is 2.53 bits per heavy atom. The first-order valence-electron chi connectivity index (χ1n) is 10.6. The molecule has 0 radical (unpaired) electrons. The highest BCUT2D eigenvalue weighted by atomic mass is 35.5. The van der Waals surface area contributed by atoms with E-state index in [-0.39, 0.29) is 16.8 Å². The van der Waals surface area contributed by atoms with Crippen molar-refractivity contribution in [1.82, 2.24) is 0 Å². The van der Waals surface area contributed by atoms with Crippen molar-refractivity contribution >= 4 is 45.8 Å². The Balaban J connectivity index is 1.74. The molecule has 1 aromatic heterocycles. The van der Waals surface area contributed by atoms with Crippen LogP contribution in [0.15, 0.2) is 82.5 Å². The van der Waals surface area contributed by atoms with Crippen molar-refractivity contribution in [3.63, 3.8) is 0 Å². The van der Waals surface area contributed by atoms with E-state index in [0.29, 0.717) is 39.1 Å². The normalized spacial score (nSPS) is 15.0. The fourth-order valence-corrected chi connectivity index (χ4v) is 4.51. The second-order valence-corrected chi connectivity index (χ2v) is 8.84. The van der Waals surface area contributed by atoms with Gasteiger partial charge in [0.2, 0.25) is 5.76 Å². The molecule has 4 aromatic rings. The predicted molar refractivity (Wildman–Crippen MR) is 134 cm³/mol. The van der Waals surface area contributed by atoms with Crippen LogP contribution in [0.2, 0.25) is 10.0 Å². The maximum atomic E-state index is 13.6. The molecule has 0 spiro atoms. The van der Waals surface area contributed by atoms with Gasteiger partial charge in [-0.15, -0.1) is 0 Å². The first-order valence-corrected chi connectivity index (χ1v) is 11.3. The van der Waals surface area contributed by atoms with Crippen LogP contribution in [0.25, 0.3) is 11.0 Å². The molecule has 1 unspecified atom stereocenters. The van der Waals surface area contributed by atoms with E-state index in [1.807, 2.05) is 25.1 Å². The number of carbonyl (C=O) groups excluding carboxylic acids is 1. The highest BCUT2D eigenvalue weighted by molar-refractivity contribution is 6.32. The lowest BCUT2D eigenvalue weighted by molar-refractivity contribution is 0.0971. The Labute approximate surface area is 205 Å². The smallest absolute Gasteiger partial charge is 0.295 e. The van der Waals surface area contributed by atoms with Gasteiger partial charge in [-0.25, -0.2) is 0 Å². The number of ether oxygens (including phenoxy) is 1. The molecule has 0 saturated heterocycles. The quantitative estimate of drug-likeness (QED) is 0.290. The molecule has 170 valence electrons. The summed E-state index contributed by atoms with van der Waals surface area (Å²) in [7, 11) is 0. The van der Waals surface area contributed by atoms with Gasteiger partial charge >= 0.3 is 0 Å². The van der Waals surface area contributed by atoms with Crippen molar-refractivity contribution in [3.05, 3.63) is 116 Å². The standard InChI is InChI=1S/C27H19Cl2NO4/c1-3-12-33-19-9-5-16(6-10-19)24-23-25(31)20-13-17(28)7-11-22(20)34-26(23)27(32)30(24)18-8-4-15(2)21(29)14-18/h3-11,13-14,24H,1,12H2,2H3. The molecule has 2 heterocycles. The van der Waals surface area contributed by atoms with Crippen LogP contribution in [0.1, 0.15) is 33.3 Å². The van der Waals surface area contributed by atoms with Gasteiger partial charge in [0, 0.05) is 15.7 Å². The minimum Gasteiger partial charge on any atom is -0.490 e. The summed E-state index contributed by atoms with van der Waals surface area (Å²) in [5, 5.41) is 1.25. The molecular formula is C27H19Cl2NO4. The van der Waals surface area contributed by atoms with Crippen LogP contribution in [0.4, 0.5) is 5.69 Å². The second-order valence-electron chi connectivity index (χ2n) is 7.99. The van der Waals surface area contributed by atoms with Crippen molar-refractivity contribution in [2.24, 2.45) is 0 Å². The average Bonchev–Trinajstić information content (AvgIpc) is 3.13. The van der Waals surface area contributed by atoms with Gasteiger partial charge in [0.05, 0.1) is 17.0 Å². The Hall–Kier alpha value is -3.54. The molecule has 0 fully saturated rings. The van der Waals surface area contributed by atoms with Gasteiger partial charge in [-0.2, -0.15) is 0 Å². The Kier molecular flexibility index (Phi) is 5.68. The topological polar surface area (TPSA) is 59.8 Å². The van der Waals surface area contributed by atoms with Crippen molar-refractivity contribution in [1.29, 1.82) is 0 Å². The molecule has 5 rings (SSSR count). The van der Waals surface area contributed by atoms with E-state index in [1.54, 1.807) is 53.4 Å². The molecule has 7 heteroatoms. The predicted octanol–water partition coefficient (Wildman–Crippen LogP) is 6.72. The van der Waals surface area contributed by atoms with E-state index < -0.39 is 11.9 Å². The third-order valence-corrected chi connectivity index (χ3v) is 6.47. The summed E-state index contributed by atoms with van der Waals surface area (Å²) in [5.41, 5.74) is 2.43. The number of hydrogen-bond donors (Lipinski definition) is 0. The highest BCUT2D eigenvalue weighted by Gasteiger charge is 2.43. The number of hydrogen-bond acceptors (Lipinski definition) is 4. The van der Waals surface area contributed by atoms with Gasteiger partial charge in [0.25, 0.3) is 5.91 Å². The van der Waals surface area contributed by atoms with Crippen molar-refractivity contribution in [2.75, 3.05) is 11.5 Å². The van der Waals surface area contributed by atoms with E-state index in [9.17, 15) is 9.59 Å². The number of rotatable bonds is 5. The summed E-state index contributed by atoms with van der Waals surface area (Å²) in [5.74, 6) is 0.241. The minimum atomic E-state index is -0.714. The summed E-state index contributed by atoms with van der Waals surface area (Å²) in [6.45, 7) is 5.90. The summed E-state index contributed by atoms with van der Waals surface area (Å²) in [4.78, 5) is 28.8. The summed E-state index contributed by atoms with van der Waals surface area (Å²) in [6.07, 6.45) is 1.66. The van der Waals surface area contributed by atoms with Crippen LogP contribution in [0, 0.1) is 6.92 Å². The number of aryl methyl sites for hydroxylation is 1.